The molecule has 1 unspecified atom stereocenters. The van der Waals surface area contributed by atoms with E-state index in [1.165, 1.54) is 0 Å². The van der Waals surface area contributed by atoms with Crippen molar-refractivity contribution in [1.82, 2.24) is 0 Å². The lowest BCUT2D eigenvalue weighted by molar-refractivity contribution is -0.0263. The van der Waals surface area contributed by atoms with E-state index in [4.69, 9.17) is 4.74 Å². The van der Waals surface area contributed by atoms with Gasteiger partial charge in [-0.15, -0.1) is 0 Å². The lowest BCUT2D eigenvalue weighted by Crippen LogP contribution is -2.16. The molecule has 1 rings (SSSR count). The van der Waals surface area contributed by atoms with Crippen molar-refractivity contribution in [1.29, 1.82) is 0 Å². The minimum Gasteiger partial charge on any atom is -0.465 e. The van der Waals surface area contributed by atoms with Crippen LogP contribution in [0, 0.1) is 5.92 Å². The zero-order valence-electron chi connectivity index (χ0n) is 8.81. The van der Waals surface area contributed by atoms with Crippen molar-refractivity contribution in [2.45, 2.75) is 33.0 Å². The second-order valence-corrected chi connectivity index (χ2v) is 3.86. The normalized spacial score (nSPS) is 12.9. The van der Waals surface area contributed by atoms with Crippen LogP contribution in [0.4, 0.5) is 0 Å². The molecule has 1 atom stereocenters. The third kappa shape index (κ3) is 4.28. The summed E-state index contributed by atoms with van der Waals surface area (Å²) >= 11 is 0. The van der Waals surface area contributed by atoms with Crippen LogP contribution < -0.4 is 4.74 Å². The molecule has 1 aromatic rings. The monoisotopic (exact) mass is 194 g/mol. The Kier molecular flexibility index (Phi) is 4.47. The third-order valence-electron chi connectivity index (χ3n) is 2.01. The molecular formula is C12H18O2. The summed E-state index contributed by atoms with van der Waals surface area (Å²) in [5.74, 6) is 1.33. The number of aliphatic hydroxyl groups excluding tert-OH is 1. The van der Waals surface area contributed by atoms with Gasteiger partial charge in [-0.2, -0.15) is 0 Å². The number of para-hydroxylation sites is 1. The molecule has 0 saturated heterocycles. The predicted molar refractivity (Wildman–Crippen MR) is 57.1 cm³/mol. The summed E-state index contributed by atoms with van der Waals surface area (Å²) in [5, 5.41) is 9.53. The van der Waals surface area contributed by atoms with Crippen LogP contribution in [0.25, 0.3) is 0 Å². The molecule has 2 nitrogen and oxygen atoms in total. The Morgan fingerprint density at radius 2 is 1.79 bits per heavy atom. The molecule has 78 valence electrons. The lowest BCUT2D eigenvalue weighted by atomic mass is 10.1. The van der Waals surface area contributed by atoms with Crippen molar-refractivity contribution in [2.75, 3.05) is 0 Å². The van der Waals surface area contributed by atoms with Gasteiger partial charge in [-0.3, -0.25) is 0 Å². The van der Waals surface area contributed by atoms with E-state index in [1.54, 1.807) is 0 Å². The lowest BCUT2D eigenvalue weighted by Gasteiger charge is -2.14. The first kappa shape index (κ1) is 11.1. The van der Waals surface area contributed by atoms with Gasteiger partial charge in [0.2, 0.25) is 0 Å². The molecule has 1 N–H and O–H groups in total. The van der Waals surface area contributed by atoms with Crippen molar-refractivity contribution in [3.8, 4) is 5.75 Å². The molecule has 0 saturated carbocycles. The first-order valence-electron chi connectivity index (χ1n) is 5.08. The van der Waals surface area contributed by atoms with Gasteiger partial charge < -0.3 is 9.84 Å². The van der Waals surface area contributed by atoms with Crippen molar-refractivity contribution >= 4 is 0 Å². The molecule has 0 aromatic heterocycles. The fourth-order valence-electron chi connectivity index (χ4n) is 1.19. The zero-order chi connectivity index (χ0) is 10.4. The van der Waals surface area contributed by atoms with E-state index >= 15 is 0 Å². The van der Waals surface area contributed by atoms with Gasteiger partial charge in [0, 0.05) is 6.42 Å². The van der Waals surface area contributed by atoms with Crippen molar-refractivity contribution in [3.05, 3.63) is 30.3 Å². The Hall–Kier alpha value is -1.02. The highest BCUT2D eigenvalue weighted by atomic mass is 16.6. The van der Waals surface area contributed by atoms with Crippen LogP contribution >= 0.6 is 0 Å². The van der Waals surface area contributed by atoms with Crippen molar-refractivity contribution in [3.63, 3.8) is 0 Å². The fraction of sp³-hybridized carbons (Fsp3) is 0.500. The highest BCUT2D eigenvalue weighted by Crippen LogP contribution is 2.13. The van der Waals surface area contributed by atoms with Gasteiger partial charge in [-0.1, -0.05) is 32.0 Å². The maximum Gasteiger partial charge on any atom is 0.197 e. The van der Waals surface area contributed by atoms with E-state index in [1.807, 2.05) is 30.3 Å². The second kappa shape index (κ2) is 5.66. The predicted octanol–water partition coefficient (Wildman–Crippen LogP) is 2.82. The number of ether oxygens (including phenoxy) is 1. The first-order chi connectivity index (χ1) is 6.68. The van der Waals surface area contributed by atoms with Crippen LogP contribution in [0.3, 0.4) is 0 Å². The van der Waals surface area contributed by atoms with E-state index < -0.39 is 6.29 Å². The van der Waals surface area contributed by atoms with Gasteiger partial charge >= 0.3 is 0 Å². The molecule has 0 spiro atoms. The number of benzene rings is 1. The maximum atomic E-state index is 9.53. The Labute approximate surface area is 85.5 Å². The van der Waals surface area contributed by atoms with Crippen LogP contribution in [0.2, 0.25) is 0 Å². The highest BCUT2D eigenvalue weighted by molar-refractivity contribution is 5.20. The molecular weight excluding hydrogens is 176 g/mol. The summed E-state index contributed by atoms with van der Waals surface area (Å²) in [5.41, 5.74) is 0. The molecule has 0 aliphatic heterocycles. The van der Waals surface area contributed by atoms with Crippen molar-refractivity contribution < 1.29 is 9.84 Å². The molecule has 2 heteroatoms. The Bertz CT molecular complexity index is 244. The van der Waals surface area contributed by atoms with E-state index in [9.17, 15) is 5.11 Å². The number of aliphatic hydroxyl groups is 1. The fourth-order valence-corrected chi connectivity index (χ4v) is 1.19. The minimum atomic E-state index is -0.681. The highest BCUT2D eigenvalue weighted by Gasteiger charge is 2.06. The third-order valence-corrected chi connectivity index (χ3v) is 2.01. The van der Waals surface area contributed by atoms with E-state index in [-0.39, 0.29) is 0 Å². The van der Waals surface area contributed by atoms with Gasteiger partial charge in [0.15, 0.2) is 6.29 Å². The van der Waals surface area contributed by atoms with E-state index in [0.29, 0.717) is 12.3 Å². The van der Waals surface area contributed by atoms with Crippen LogP contribution in [0.15, 0.2) is 30.3 Å². The maximum absolute atomic E-state index is 9.53. The SMILES string of the molecule is CC(C)CCC(O)Oc1ccccc1. The second-order valence-electron chi connectivity index (χ2n) is 3.86. The largest absolute Gasteiger partial charge is 0.465 e. The molecule has 0 aliphatic rings. The number of hydrogen-bond acceptors (Lipinski definition) is 2. The van der Waals surface area contributed by atoms with E-state index in [2.05, 4.69) is 13.8 Å². The minimum absolute atomic E-state index is 0.601. The van der Waals surface area contributed by atoms with Crippen LogP contribution in [-0.4, -0.2) is 11.4 Å². The Morgan fingerprint density at radius 3 is 2.36 bits per heavy atom. The van der Waals surface area contributed by atoms with Gasteiger partial charge in [-0.25, -0.2) is 0 Å². The molecule has 0 bridgehead atoms. The Balaban J connectivity index is 2.30. The van der Waals surface area contributed by atoms with Gasteiger partial charge in [0.1, 0.15) is 5.75 Å². The first-order valence-corrected chi connectivity index (χ1v) is 5.08. The summed E-state index contributed by atoms with van der Waals surface area (Å²) in [6.45, 7) is 4.27. The van der Waals surface area contributed by atoms with Gasteiger partial charge in [-0.05, 0) is 24.5 Å². The van der Waals surface area contributed by atoms with E-state index in [0.717, 1.165) is 12.2 Å². The summed E-state index contributed by atoms with van der Waals surface area (Å²) in [7, 11) is 0. The standard InChI is InChI=1S/C12H18O2/c1-10(2)8-9-12(13)14-11-6-4-3-5-7-11/h3-7,10,12-13H,8-9H2,1-2H3. The van der Waals surface area contributed by atoms with Crippen LogP contribution in [-0.2, 0) is 0 Å². The summed E-state index contributed by atoms with van der Waals surface area (Å²) in [4.78, 5) is 0. The Morgan fingerprint density at radius 1 is 1.14 bits per heavy atom. The zero-order valence-corrected chi connectivity index (χ0v) is 8.81. The summed E-state index contributed by atoms with van der Waals surface area (Å²) in [6.07, 6.45) is 0.986. The average molecular weight is 194 g/mol. The summed E-state index contributed by atoms with van der Waals surface area (Å²) < 4.78 is 5.32. The van der Waals surface area contributed by atoms with Gasteiger partial charge in [0.05, 0.1) is 0 Å². The van der Waals surface area contributed by atoms with Crippen molar-refractivity contribution in [2.24, 2.45) is 5.92 Å². The molecule has 1 aromatic carbocycles. The smallest absolute Gasteiger partial charge is 0.197 e. The molecule has 0 radical (unpaired) electrons. The molecule has 0 amide bonds. The average Bonchev–Trinajstić information content (AvgIpc) is 2.16. The number of hydrogen-bond donors (Lipinski definition) is 1. The van der Waals surface area contributed by atoms with Gasteiger partial charge in [0.25, 0.3) is 0 Å². The van der Waals surface area contributed by atoms with Crippen LogP contribution in [0.1, 0.15) is 26.7 Å². The molecule has 0 heterocycles. The molecule has 0 fully saturated rings. The number of rotatable bonds is 5. The molecule has 14 heavy (non-hydrogen) atoms. The topological polar surface area (TPSA) is 29.5 Å². The quantitative estimate of drug-likeness (QED) is 0.730. The molecule has 0 aliphatic carbocycles. The van der Waals surface area contributed by atoms with Crippen LogP contribution in [0.5, 0.6) is 5.75 Å². The summed E-state index contributed by atoms with van der Waals surface area (Å²) in [6, 6.07) is 9.40.